The van der Waals surface area contributed by atoms with Gasteiger partial charge < -0.3 is 10.4 Å². The third kappa shape index (κ3) is 5.01. The molecule has 108 valence electrons. The first-order chi connectivity index (χ1) is 9.74. The average molecular weight is 275 g/mol. The van der Waals surface area contributed by atoms with Gasteiger partial charge in [0.05, 0.1) is 12.8 Å². The van der Waals surface area contributed by atoms with Crippen molar-refractivity contribution in [3.05, 3.63) is 29.8 Å². The van der Waals surface area contributed by atoms with Crippen molar-refractivity contribution in [1.29, 1.82) is 0 Å². The van der Waals surface area contributed by atoms with Gasteiger partial charge in [0.15, 0.2) is 0 Å². The number of nitrogens with one attached hydrogen (secondary N) is 2. The summed E-state index contributed by atoms with van der Waals surface area (Å²) < 4.78 is 0. The lowest BCUT2D eigenvalue weighted by Gasteiger charge is -2.22. The highest BCUT2D eigenvalue weighted by Crippen LogP contribution is 2.16. The first-order valence-corrected chi connectivity index (χ1v) is 7.08. The Kier molecular flexibility index (Phi) is 5.55. The molecular formula is C15H21N3O2. The molecule has 0 saturated heterocycles. The fourth-order valence-electron chi connectivity index (χ4n) is 2.37. The van der Waals surface area contributed by atoms with E-state index in [4.69, 9.17) is 0 Å². The average Bonchev–Trinajstić information content (AvgIpc) is 2.46. The van der Waals surface area contributed by atoms with Crippen LogP contribution in [0.5, 0.6) is 5.75 Å². The van der Waals surface area contributed by atoms with Crippen molar-refractivity contribution < 1.29 is 9.90 Å². The minimum absolute atomic E-state index is 0.146. The van der Waals surface area contributed by atoms with Gasteiger partial charge in [0.25, 0.3) is 5.91 Å². The molecule has 0 atom stereocenters. The van der Waals surface area contributed by atoms with Crippen LogP contribution in [0.25, 0.3) is 0 Å². The molecule has 0 heterocycles. The molecule has 5 nitrogen and oxygen atoms in total. The van der Waals surface area contributed by atoms with Crippen molar-refractivity contribution in [1.82, 2.24) is 10.7 Å². The molecule has 2 rings (SSSR count). The van der Waals surface area contributed by atoms with Crippen LogP contribution in [0.15, 0.2) is 29.4 Å². The summed E-state index contributed by atoms with van der Waals surface area (Å²) in [6.45, 7) is 0.294. The van der Waals surface area contributed by atoms with Crippen molar-refractivity contribution in [3.63, 3.8) is 0 Å². The van der Waals surface area contributed by atoms with Crippen molar-refractivity contribution in [2.24, 2.45) is 5.10 Å². The van der Waals surface area contributed by atoms with Gasteiger partial charge in [-0.3, -0.25) is 4.79 Å². The quantitative estimate of drug-likeness (QED) is 0.566. The van der Waals surface area contributed by atoms with Crippen LogP contribution in [0.3, 0.4) is 0 Å². The second-order valence-electron chi connectivity index (χ2n) is 5.10. The fraction of sp³-hybridized carbons (Fsp3) is 0.467. The normalized spacial score (nSPS) is 16.4. The number of benzene rings is 1. The van der Waals surface area contributed by atoms with Gasteiger partial charge in [0, 0.05) is 6.04 Å². The molecule has 1 aliphatic carbocycles. The Morgan fingerprint density at radius 3 is 2.90 bits per heavy atom. The molecule has 5 heteroatoms. The number of hydrogen-bond donors (Lipinski definition) is 3. The van der Waals surface area contributed by atoms with E-state index in [0.717, 1.165) is 18.4 Å². The molecule has 1 aromatic carbocycles. The van der Waals surface area contributed by atoms with Gasteiger partial charge in [-0.05, 0) is 30.5 Å². The predicted molar refractivity (Wildman–Crippen MR) is 78.7 cm³/mol. The molecule has 3 N–H and O–H groups in total. The maximum absolute atomic E-state index is 11.6. The van der Waals surface area contributed by atoms with Crippen LogP contribution in [0.2, 0.25) is 0 Å². The smallest absolute Gasteiger partial charge is 0.254 e. The molecule has 1 fully saturated rings. The first-order valence-electron chi connectivity index (χ1n) is 7.08. The Morgan fingerprint density at radius 1 is 1.35 bits per heavy atom. The number of rotatable bonds is 5. The second kappa shape index (κ2) is 7.65. The highest BCUT2D eigenvalue weighted by molar-refractivity contribution is 5.83. The molecule has 1 saturated carbocycles. The monoisotopic (exact) mass is 275 g/mol. The Hall–Kier alpha value is -1.88. The second-order valence-corrected chi connectivity index (χ2v) is 5.10. The molecule has 1 amide bonds. The van der Waals surface area contributed by atoms with Gasteiger partial charge in [0.1, 0.15) is 5.75 Å². The Labute approximate surface area is 119 Å². The number of phenols is 1. The minimum Gasteiger partial charge on any atom is -0.508 e. The summed E-state index contributed by atoms with van der Waals surface area (Å²) in [7, 11) is 0. The summed E-state index contributed by atoms with van der Waals surface area (Å²) in [4.78, 5) is 11.6. The standard InChI is InChI=1S/C15H21N3O2/c19-14-8-4-5-12(9-14)10-17-18-15(20)11-16-13-6-2-1-3-7-13/h4-5,8-10,13,16,19H,1-3,6-7,11H2,(H,18,20)/b17-10-. The lowest BCUT2D eigenvalue weighted by Crippen LogP contribution is -2.38. The predicted octanol–water partition coefficient (Wildman–Crippen LogP) is 1.76. The van der Waals surface area contributed by atoms with Gasteiger partial charge in [-0.2, -0.15) is 5.10 Å². The summed E-state index contributed by atoms with van der Waals surface area (Å²) in [5.74, 6) is 0.0335. The highest BCUT2D eigenvalue weighted by Gasteiger charge is 2.13. The van der Waals surface area contributed by atoms with Crippen molar-refractivity contribution >= 4 is 12.1 Å². The maximum atomic E-state index is 11.6. The lowest BCUT2D eigenvalue weighted by atomic mass is 9.95. The summed E-state index contributed by atoms with van der Waals surface area (Å²) >= 11 is 0. The summed E-state index contributed by atoms with van der Waals surface area (Å²) in [6, 6.07) is 7.16. The fourth-order valence-corrected chi connectivity index (χ4v) is 2.37. The van der Waals surface area contributed by atoms with E-state index in [9.17, 15) is 9.90 Å². The van der Waals surface area contributed by atoms with Crippen LogP contribution in [0.4, 0.5) is 0 Å². The molecule has 20 heavy (non-hydrogen) atoms. The van der Waals surface area contributed by atoms with Gasteiger partial charge in [-0.25, -0.2) is 5.43 Å². The van der Waals surface area contributed by atoms with Crippen LogP contribution in [0.1, 0.15) is 37.7 Å². The summed E-state index contributed by atoms with van der Waals surface area (Å²) in [5.41, 5.74) is 3.22. The number of phenolic OH excluding ortho intramolecular Hbond substituents is 1. The molecular weight excluding hydrogens is 254 g/mol. The molecule has 0 radical (unpaired) electrons. The highest BCUT2D eigenvalue weighted by atomic mass is 16.3. The number of aromatic hydroxyl groups is 1. The third-order valence-corrected chi connectivity index (χ3v) is 3.43. The molecule has 1 aromatic rings. The zero-order valence-corrected chi connectivity index (χ0v) is 11.5. The van der Waals surface area contributed by atoms with Gasteiger partial charge in [0.2, 0.25) is 0 Å². The lowest BCUT2D eigenvalue weighted by molar-refractivity contribution is -0.120. The Morgan fingerprint density at radius 2 is 2.15 bits per heavy atom. The van der Waals surface area contributed by atoms with Gasteiger partial charge >= 0.3 is 0 Å². The van der Waals surface area contributed by atoms with Gasteiger partial charge in [-0.1, -0.05) is 31.4 Å². The van der Waals surface area contributed by atoms with E-state index in [1.807, 2.05) is 0 Å². The summed E-state index contributed by atoms with van der Waals surface area (Å²) in [6.07, 6.45) is 7.61. The maximum Gasteiger partial charge on any atom is 0.254 e. The minimum atomic E-state index is -0.146. The van der Waals surface area contributed by atoms with E-state index in [-0.39, 0.29) is 11.7 Å². The number of hydrogen-bond acceptors (Lipinski definition) is 4. The van der Waals surface area contributed by atoms with Gasteiger partial charge in [-0.15, -0.1) is 0 Å². The van der Waals surface area contributed by atoms with E-state index in [1.54, 1.807) is 24.3 Å². The van der Waals surface area contributed by atoms with Crippen molar-refractivity contribution in [2.75, 3.05) is 6.54 Å². The molecule has 0 bridgehead atoms. The van der Waals surface area contributed by atoms with E-state index in [0.29, 0.717) is 12.6 Å². The molecule has 0 unspecified atom stereocenters. The number of carbonyl (C=O) groups is 1. The molecule has 0 aliphatic heterocycles. The van der Waals surface area contributed by atoms with Crippen LogP contribution in [-0.2, 0) is 4.79 Å². The van der Waals surface area contributed by atoms with Crippen LogP contribution in [-0.4, -0.2) is 29.8 Å². The van der Waals surface area contributed by atoms with Crippen LogP contribution in [0, 0.1) is 0 Å². The Bertz CT molecular complexity index is 468. The third-order valence-electron chi connectivity index (χ3n) is 3.43. The Balaban J connectivity index is 1.69. The number of amides is 1. The van der Waals surface area contributed by atoms with Crippen molar-refractivity contribution in [2.45, 2.75) is 38.1 Å². The van der Waals surface area contributed by atoms with Crippen LogP contribution >= 0.6 is 0 Å². The van der Waals surface area contributed by atoms with E-state index in [1.165, 1.54) is 25.5 Å². The molecule has 1 aliphatic rings. The van der Waals surface area contributed by atoms with E-state index >= 15 is 0 Å². The topological polar surface area (TPSA) is 73.7 Å². The number of nitrogens with zero attached hydrogens (tertiary/aromatic N) is 1. The number of carbonyl (C=O) groups excluding carboxylic acids is 1. The van der Waals surface area contributed by atoms with E-state index in [2.05, 4.69) is 15.8 Å². The van der Waals surface area contributed by atoms with Crippen molar-refractivity contribution in [3.8, 4) is 5.75 Å². The SMILES string of the molecule is O=C(CNC1CCCCC1)N/N=C\c1cccc(O)c1. The zero-order valence-electron chi connectivity index (χ0n) is 11.5. The largest absolute Gasteiger partial charge is 0.508 e. The van der Waals surface area contributed by atoms with Crippen LogP contribution < -0.4 is 10.7 Å². The summed E-state index contributed by atoms with van der Waals surface area (Å²) in [5, 5.41) is 16.4. The molecule has 0 aromatic heterocycles. The van der Waals surface area contributed by atoms with E-state index < -0.39 is 0 Å². The zero-order chi connectivity index (χ0) is 14.2. The molecule has 0 spiro atoms. The first kappa shape index (κ1) is 14.5. The number of hydrazone groups is 1.